The molecule has 29 heavy (non-hydrogen) atoms. The average molecular weight is 385 g/mol. The fourth-order valence-electron chi connectivity index (χ4n) is 3.36. The van der Waals surface area contributed by atoms with Crippen LogP contribution in [0.15, 0.2) is 79.1 Å². The predicted octanol–water partition coefficient (Wildman–Crippen LogP) is 5.44. The highest BCUT2D eigenvalue weighted by atomic mass is 16.6. The van der Waals surface area contributed by atoms with Crippen molar-refractivity contribution in [2.24, 2.45) is 0 Å². The Morgan fingerprint density at radius 1 is 0.966 bits per heavy atom. The van der Waals surface area contributed by atoms with Crippen LogP contribution >= 0.6 is 0 Å². The summed E-state index contributed by atoms with van der Waals surface area (Å²) in [5.41, 5.74) is 1.41. The minimum Gasteiger partial charge on any atom is -0.334 e. The maximum Gasteiger partial charge on any atom is 0.354 e. The summed E-state index contributed by atoms with van der Waals surface area (Å²) in [4.78, 5) is 21.8. The first-order valence-corrected chi connectivity index (χ1v) is 9.25. The summed E-state index contributed by atoms with van der Waals surface area (Å²) in [5, 5.41) is 17.1. The van der Waals surface area contributed by atoms with E-state index in [-0.39, 0.29) is 17.3 Å². The summed E-state index contributed by atoms with van der Waals surface area (Å²) in [7, 11) is 0. The number of hydrogen-bond acceptors (Lipinski definition) is 6. The number of benzene rings is 3. The van der Waals surface area contributed by atoms with Crippen LogP contribution in [0.5, 0.6) is 0 Å². The minimum atomic E-state index is -0.436. The number of aromatic nitrogens is 2. The van der Waals surface area contributed by atoms with Gasteiger partial charge in [0.1, 0.15) is 6.33 Å². The van der Waals surface area contributed by atoms with Gasteiger partial charge in [0.25, 0.3) is 0 Å². The van der Waals surface area contributed by atoms with Crippen LogP contribution in [0.25, 0.3) is 10.8 Å². The first kappa shape index (κ1) is 18.4. The standard InChI is InChI=1S/C22H19N5O2/c1-2-26(19-14-8-10-16-9-6-7-13-18(16)19)22-20(27(28)29)21(23-15-24-22)25-17-11-4-3-5-12-17/h3-15H,2H2,1H3,(H,23,24,25). The Morgan fingerprint density at radius 3 is 2.45 bits per heavy atom. The van der Waals surface area contributed by atoms with Crippen LogP contribution in [0.3, 0.4) is 0 Å². The topological polar surface area (TPSA) is 84.2 Å². The number of nitro groups is 1. The summed E-state index contributed by atoms with van der Waals surface area (Å²) in [6.07, 6.45) is 1.35. The zero-order valence-corrected chi connectivity index (χ0v) is 15.8. The molecular weight excluding hydrogens is 366 g/mol. The van der Waals surface area contributed by atoms with Crippen molar-refractivity contribution in [3.05, 3.63) is 89.2 Å². The van der Waals surface area contributed by atoms with Gasteiger partial charge in [0.05, 0.1) is 10.6 Å². The molecule has 7 nitrogen and oxygen atoms in total. The molecule has 1 aromatic heterocycles. The summed E-state index contributed by atoms with van der Waals surface area (Å²) in [6, 6.07) is 23.1. The lowest BCUT2D eigenvalue weighted by atomic mass is 10.1. The molecule has 0 radical (unpaired) electrons. The van der Waals surface area contributed by atoms with Crippen LogP contribution in [0.2, 0.25) is 0 Å². The Labute approximate surface area is 167 Å². The van der Waals surface area contributed by atoms with E-state index in [4.69, 9.17) is 0 Å². The molecule has 0 aliphatic rings. The fourth-order valence-corrected chi connectivity index (χ4v) is 3.36. The molecule has 0 saturated carbocycles. The molecule has 0 atom stereocenters. The third-order valence-electron chi connectivity index (χ3n) is 4.65. The minimum absolute atomic E-state index is 0.157. The van der Waals surface area contributed by atoms with Crippen LogP contribution in [0.1, 0.15) is 6.92 Å². The first-order chi connectivity index (χ1) is 14.2. The van der Waals surface area contributed by atoms with E-state index in [1.54, 1.807) is 0 Å². The molecule has 0 saturated heterocycles. The molecule has 144 valence electrons. The van der Waals surface area contributed by atoms with E-state index in [0.29, 0.717) is 12.2 Å². The molecule has 4 aromatic rings. The summed E-state index contributed by atoms with van der Waals surface area (Å²) in [6.45, 7) is 2.45. The number of nitrogens with one attached hydrogen (secondary N) is 1. The molecule has 1 heterocycles. The molecule has 7 heteroatoms. The van der Waals surface area contributed by atoms with Crippen molar-refractivity contribution < 1.29 is 4.92 Å². The van der Waals surface area contributed by atoms with Crippen molar-refractivity contribution in [3.63, 3.8) is 0 Å². The zero-order chi connectivity index (χ0) is 20.2. The van der Waals surface area contributed by atoms with Crippen LogP contribution in [-0.2, 0) is 0 Å². The largest absolute Gasteiger partial charge is 0.354 e. The Hall–Kier alpha value is -4.00. The Morgan fingerprint density at radius 2 is 1.69 bits per heavy atom. The second kappa shape index (κ2) is 7.93. The molecule has 0 unspecified atom stereocenters. The summed E-state index contributed by atoms with van der Waals surface area (Å²) in [5.74, 6) is 0.409. The van der Waals surface area contributed by atoms with Crippen molar-refractivity contribution >= 4 is 39.5 Å². The SMILES string of the molecule is CCN(c1ncnc(Nc2ccccc2)c1[N+](=O)[O-])c1cccc2ccccc12. The molecule has 0 fully saturated rings. The van der Waals surface area contributed by atoms with Gasteiger partial charge in [-0.2, -0.15) is 0 Å². The number of para-hydroxylation sites is 1. The van der Waals surface area contributed by atoms with Crippen molar-refractivity contribution in [1.82, 2.24) is 9.97 Å². The third kappa shape index (κ3) is 3.58. The Bertz CT molecular complexity index is 1160. The number of hydrogen-bond donors (Lipinski definition) is 1. The second-order valence-electron chi connectivity index (χ2n) is 6.39. The number of rotatable bonds is 6. The normalized spacial score (nSPS) is 10.7. The third-order valence-corrected chi connectivity index (χ3v) is 4.65. The van der Waals surface area contributed by atoms with E-state index < -0.39 is 4.92 Å². The zero-order valence-electron chi connectivity index (χ0n) is 15.8. The lowest BCUT2D eigenvalue weighted by molar-refractivity contribution is -0.383. The lowest BCUT2D eigenvalue weighted by Crippen LogP contribution is -2.20. The van der Waals surface area contributed by atoms with Crippen molar-refractivity contribution in [2.75, 3.05) is 16.8 Å². The van der Waals surface area contributed by atoms with E-state index >= 15 is 0 Å². The van der Waals surface area contributed by atoms with Gasteiger partial charge >= 0.3 is 5.69 Å². The van der Waals surface area contributed by atoms with Gasteiger partial charge < -0.3 is 10.2 Å². The van der Waals surface area contributed by atoms with Crippen molar-refractivity contribution in [1.29, 1.82) is 0 Å². The van der Waals surface area contributed by atoms with Gasteiger partial charge in [0, 0.05) is 17.6 Å². The van der Waals surface area contributed by atoms with Crippen molar-refractivity contribution in [3.8, 4) is 0 Å². The quantitative estimate of drug-likeness (QED) is 0.351. The number of fused-ring (bicyclic) bond motifs is 1. The van der Waals surface area contributed by atoms with Gasteiger partial charge in [-0.05, 0) is 30.5 Å². The van der Waals surface area contributed by atoms with E-state index in [9.17, 15) is 10.1 Å². The summed E-state index contributed by atoms with van der Waals surface area (Å²) < 4.78 is 0. The lowest BCUT2D eigenvalue weighted by Gasteiger charge is -2.24. The molecule has 1 N–H and O–H groups in total. The predicted molar refractivity (Wildman–Crippen MR) is 115 cm³/mol. The van der Waals surface area contributed by atoms with Crippen LogP contribution in [-0.4, -0.2) is 21.4 Å². The van der Waals surface area contributed by atoms with Gasteiger partial charge in [-0.1, -0.05) is 54.6 Å². The maximum absolute atomic E-state index is 12.0. The van der Waals surface area contributed by atoms with Gasteiger partial charge in [-0.15, -0.1) is 0 Å². The van der Waals surface area contributed by atoms with Crippen molar-refractivity contribution in [2.45, 2.75) is 6.92 Å². The Balaban J connectivity index is 1.86. The highest BCUT2D eigenvalue weighted by Gasteiger charge is 2.28. The maximum atomic E-state index is 12.0. The second-order valence-corrected chi connectivity index (χ2v) is 6.39. The van der Waals surface area contributed by atoms with E-state index in [2.05, 4.69) is 15.3 Å². The molecule has 4 rings (SSSR count). The van der Waals surface area contributed by atoms with Gasteiger partial charge in [-0.3, -0.25) is 10.1 Å². The number of nitrogens with zero attached hydrogens (tertiary/aromatic N) is 4. The van der Waals surface area contributed by atoms with E-state index in [1.807, 2.05) is 84.6 Å². The molecule has 0 aliphatic carbocycles. The van der Waals surface area contributed by atoms with Gasteiger partial charge in [0.15, 0.2) is 0 Å². The fraction of sp³-hybridized carbons (Fsp3) is 0.0909. The van der Waals surface area contributed by atoms with Crippen LogP contribution < -0.4 is 10.2 Å². The average Bonchev–Trinajstić information content (AvgIpc) is 2.75. The molecule has 0 bridgehead atoms. The smallest absolute Gasteiger partial charge is 0.334 e. The Kier molecular flexibility index (Phi) is 5.03. The van der Waals surface area contributed by atoms with E-state index in [0.717, 1.165) is 16.5 Å². The monoisotopic (exact) mass is 385 g/mol. The van der Waals surface area contributed by atoms with Crippen LogP contribution in [0.4, 0.5) is 28.7 Å². The molecule has 0 amide bonds. The highest BCUT2D eigenvalue weighted by Crippen LogP contribution is 2.39. The molecule has 0 aliphatic heterocycles. The van der Waals surface area contributed by atoms with E-state index in [1.165, 1.54) is 6.33 Å². The first-order valence-electron chi connectivity index (χ1n) is 9.25. The molecule has 0 spiro atoms. The number of anilines is 4. The van der Waals surface area contributed by atoms with Gasteiger partial charge in [0.2, 0.25) is 11.6 Å². The molecular formula is C22H19N5O2. The molecule has 3 aromatic carbocycles. The highest BCUT2D eigenvalue weighted by molar-refractivity contribution is 5.96. The van der Waals surface area contributed by atoms with Crippen LogP contribution in [0, 0.1) is 10.1 Å². The summed E-state index contributed by atoms with van der Waals surface area (Å²) >= 11 is 0. The van der Waals surface area contributed by atoms with Gasteiger partial charge in [-0.25, -0.2) is 9.97 Å².